The zero-order chi connectivity index (χ0) is 10.0. The fraction of sp³-hybridized carbons (Fsp3) is 1.00. The molecule has 0 nitrogen and oxygen atoms in total. The SMILES string of the molecule is CC1C2CCCCC2CCC2C1C21CC1. The Morgan fingerprint density at radius 3 is 2.53 bits per heavy atom. The largest absolute Gasteiger partial charge is 0.0619 e. The Morgan fingerprint density at radius 1 is 0.933 bits per heavy atom. The summed E-state index contributed by atoms with van der Waals surface area (Å²) in [7, 11) is 0. The van der Waals surface area contributed by atoms with Gasteiger partial charge in [-0.3, -0.25) is 0 Å². The van der Waals surface area contributed by atoms with E-state index >= 15 is 0 Å². The van der Waals surface area contributed by atoms with Gasteiger partial charge < -0.3 is 0 Å². The molecule has 0 heterocycles. The molecule has 5 atom stereocenters. The van der Waals surface area contributed by atoms with Crippen molar-refractivity contribution >= 4 is 0 Å². The lowest BCUT2D eigenvalue weighted by atomic mass is 9.70. The Hall–Kier alpha value is 0. The van der Waals surface area contributed by atoms with Crippen LogP contribution >= 0.6 is 0 Å². The highest BCUT2D eigenvalue weighted by Gasteiger charge is 2.73. The van der Waals surface area contributed by atoms with E-state index in [4.69, 9.17) is 0 Å². The van der Waals surface area contributed by atoms with Crippen molar-refractivity contribution in [2.75, 3.05) is 0 Å². The van der Waals surface area contributed by atoms with E-state index in [0.717, 1.165) is 23.2 Å². The molecule has 4 rings (SSSR count). The van der Waals surface area contributed by atoms with E-state index in [0.29, 0.717) is 0 Å². The van der Waals surface area contributed by atoms with E-state index < -0.39 is 0 Å². The van der Waals surface area contributed by atoms with Gasteiger partial charge in [-0.2, -0.15) is 0 Å². The van der Waals surface area contributed by atoms with Gasteiger partial charge in [-0.1, -0.05) is 26.2 Å². The monoisotopic (exact) mass is 204 g/mol. The molecule has 0 N–H and O–H groups in total. The number of rotatable bonds is 0. The molecule has 4 aliphatic carbocycles. The van der Waals surface area contributed by atoms with Crippen LogP contribution in [0.3, 0.4) is 0 Å². The zero-order valence-electron chi connectivity index (χ0n) is 10.0. The first-order chi connectivity index (χ1) is 7.33. The molecule has 4 fully saturated rings. The first kappa shape index (κ1) is 9.07. The minimum atomic E-state index is 0.946. The van der Waals surface area contributed by atoms with Crippen LogP contribution in [-0.4, -0.2) is 0 Å². The molecule has 0 heteroatoms. The van der Waals surface area contributed by atoms with Gasteiger partial charge in [-0.15, -0.1) is 0 Å². The summed E-state index contributed by atoms with van der Waals surface area (Å²) in [6.45, 7) is 2.61. The molecule has 0 radical (unpaired) electrons. The molecule has 0 amide bonds. The van der Waals surface area contributed by atoms with E-state index in [1.165, 1.54) is 24.7 Å². The molecule has 5 unspecified atom stereocenters. The zero-order valence-corrected chi connectivity index (χ0v) is 10.0. The third-order valence-corrected chi connectivity index (χ3v) is 6.61. The lowest BCUT2D eigenvalue weighted by Crippen LogP contribution is -2.26. The highest BCUT2D eigenvalue weighted by Crippen LogP contribution is 2.80. The van der Waals surface area contributed by atoms with Crippen LogP contribution in [0.25, 0.3) is 0 Å². The molecule has 4 saturated carbocycles. The summed E-state index contributed by atoms with van der Waals surface area (Å²) in [5.74, 6) is 5.74. The van der Waals surface area contributed by atoms with Gasteiger partial charge in [0.1, 0.15) is 0 Å². The van der Waals surface area contributed by atoms with Crippen LogP contribution in [0.4, 0.5) is 0 Å². The van der Waals surface area contributed by atoms with Crippen molar-refractivity contribution in [3.8, 4) is 0 Å². The molecule has 1 spiro atoms. The Labute approximate surface area is 93.8 Å². The van der Waals surface area contributed by atoms with E-state index in [9.17, 15) is 0 Å². The van der Waals surface area contributed by atoms with Crippen LogP contribution in [0.5, 0.6) is 0 Å². The van der Waals surface area contributed by atoms with Crippen LogP contribution in [0, 0.1) is 35.0 Å². The van der Waals surface area contributed by atoms with Gasteiger partial charge in [-0.05, 0) is 67.1 Å². The summed E-state index contributed by atoms with van der Waals surface area (Å²) in [5.41, 5.74) is 0.946. The third-order valence-electron chi connectivity index (χ3n) is 6.61. The van der Waals surface area contributed by atoms with Gasteiger partial charge in [0.15, 0.2) is 0 Å². The molecular weight excluding hydrogens is 180 g/mol. The molecule has 84 valence electrons. The van der Waals surface area contributed by atoms with E-state index in [1.807, 2.05) is 0 Å². The summed E-state index contributed by atoms with van der Waals surface area (Å²) < 4.78 is 0. The van der Waals surface area contributed by atoms with Crippen molar-refractivity contribution in [2.45, 2.75) is 58.3 Å². The fourth-order valence-corrected chi connectivity index (χ4v) is 5.76. The molecule has 0 saturated heterocycles. The van der Waals surface area contributed by atoms with Gasteiger partial charge in [0.2, 0.25) is 0 Å². The summed E-state index contributed by atoms with van der Waals surface area (Å²) in [4.78, 5) is 0. The summed E-state index contributed by atoms with van der Waals surface area (Å²) in [5, 5.41) is 0. The number of fused-ring (bicyclic) bond motifs is 4. The Kier molecular flexibility index (Phi) is 1.70. The lowest BCUT2D eigenvalue weighted by molar-refractivity contribution is 0.152. The first-order valence-electron chi connectivity index (χ1n) is 7.33. The average molecular weight is 204 g/mol. The molecule has 0 aromatic heterocycles. The molecule has 0 aromatic rings. The third kappa shape index (κ3) is 1.09. The van der Waals surface area contributed by atoms with Gasteiger partial charge in [0, 0.05) is 0 Å². The predicted octanol–water partition coefficient (Wildman–Crippen LogP) is 4.25. The second-order valence-electron chi connectivity index (χ2n) is 7.01. The van der Waals surface area contributed by atoms with Gasteiger partial charge >= 0.3 is 0 Å². The molecule has 0 bridgehead atoms. The molecule has 0 aliphatic heterocycles. The predicted molar refractivity (Wildman–Crippen MR) is 62.5 cm³/mol. The maximum atomic E-state index is 2.61. The van der Waals surface area contributed by atoms with Gasteiger partial charge in [0.05, 0.1) is 0 Å². The number of hydrogen-bond donors (Lipinski definition) is 0. The first-order valence-corrected chi connectivity index (χ1v) is 7.33. The van der Waals surface area contributed by atoms with Crippen LogP contribution in [0.15, 0.2) is 0 Å². The maximum Gasteiger partial charge on any atom is -0.0232 e. The topological polar surface area (TPSA) is 0 Å². The molecular formula is C15H24. The van der Waals surface area contributed by atoms with Gasteiger partial charge in [-0.25, -0.2) is 0 Å². The van der Waals surface area contributed by atoms with Crippen molar-refractivity contribution in [3.05, 3.63) is 0 Å². The van der Waals surface area contributed by atoms with Crippen molar-refractivity contribution in [1.29, 1.82) is 0 Å². The normalized spacial score (nSPS) is 55.4. The van der Waals surface area contributed by atoms with Crippen molar-refractivity contribution < 1.29 is 0 Å². The van der Waals surface area contributed by atoms with Crippen LogP contribution < -0.4 is 0 Å². The van der Waals surface area contributed by atoms with Crippen molar-refractivity contribution in [1.82, 2.24) is 0 Å². The second-order valence-corrected chi connectivity index (χ2v) is 7.01. The highest BCUT2D eigenvalue weighted by atomic mass is 14.8. The smallest absolute Gasteiger partial charge is 0.0232 e. The van der Waals surface area contributed by atoms with E-state index in [1.54, 1.807) is 38.5 Å². The maximum absolute atomic E-state index is 2.61. The summed E-state index contributed by atoms with van der Waals surface area (Å²) >= 11 is 0. The Morgan fingerprint density at radius 2 is 1.73 bits per heavy atom. The number of hydrogen-bond acceptors (Lipinski definition) is 0. The fourth-order valence-electron chi connectivity index (χ4n) is 5.76. The molecule has 15 heavy (non-hydrogen) atoms. The van der Waals surface area contributed by atoms with E-state index in [2.05, 4.69) is 6.92 Å². The van der Waals surface area contributed by atoms with Crippen molar-refractivity contribution in [2.24, 2.45) is 35.0 Å². The summed E-state index contributed by atoms with van der Waals surface area (Å²) in [6, 6.07) is 0. The Balaban J connectivity index is 1.60. The van der Waals surface area contributed by atoms with Crippen LogP contribution in [0.2, 0.25) is 0 Å². The van der Waals surface area contributed by atoms with Gasteiger partial charge in [0.25, 0.3) is 0 Å². The van der Waals surface area contributed by atoms with E-state index in [-0.39, 0.29) is 0 Å². The van der Waals surface area contributed by atoms with Crippen LogP contribution in [-0.2, 0) is 0 Å². The van der Waals surface area contributed by atoms with Crippen LogP contribution in [0.1, 0.15) is 58.3 Å². The molecule has 0 aromatic carbocycles. The quantitative estimate of drug-likeness (QED) is 0.553. The standard InChI is InChI=1S/C15H24/c1-10-12-5-3-2-4-11(12)6-7-13-14(10)15(13)8-9-15/h10-14H,2-9H2,1H3. The highest BCUT2D eigenvalue weighted by molar-refractivity contribution is 5.21. The average Bonchev–Trinajstić information content (AvgIpc) is 3.14. The summed E-state index contributed by atoms with van der Waals surface area (Å²) in [6.07, 6.45) is 12.6. The van der Waals surface area contributed by atoms with Crippen molar-refractivity contribution in [3.63, 3.8) is 0 Å². The minimum Gasteiger partial charge on any atom is -0.0619 e. The molecule has 4 aliphatic rings. The minimum absolute atomic E-state index is 0.946. The second kappa shape index (κ2) is 2.81. The Bertz CT molecular complexity index is 276. The lowest BCUT2D eigenvalue weighted by Gasteiger charge is -2.35.